The van der Waals surface area contributed by atoms with E-state index in [0.717, 1.165) is 19.6 Å². The van der Waals surface area contributed by atoms with E-state index < -0.39 is 8.32 Å². The van der Waals surface area contributed by atoms with E-state index in [-0.39, 0.29) is 5.04 Å². The molecule has 18 heavy (non-hydrogen) atoms. The third kappa shape index (κ3) is 3.45. The van der Waals surface area contributed by atoms with Crippen LogP contribution in [0.1, 0.15) is 39.0 Å². The van der Waals surface area contributed by atoms with E-state index in [0.29, 0.717) is 0 Å². The Hall–Kier alpha value is -0.613. The van der Waals surface area contributed by atoms with Crippen LogP contribution in [0.5, 0.6) is 0 Å². The maximum Gasteiger partial charge on any atom is 0.192 e. The Morgan fingerprint density at radius 1 is 1.33 bits per heavy atom. The molecule has 1 heterocycles. The first-order chi connectivity index (χ1) is 8.19. The molecule has 0 spiro atoms. The zero-order chi connectivity index (χ0) is 14.0. The normalized spacial score (nSPS) is 13.1. The molecule has 0 aliphatic heterocycles. The van der Waals surface area contributed by atoms with Gasteiger partial charge in [-0.1, -0.05) is 27.7 Å². The number of hydrogen-bond donors (Lipinski definition) is 0. The fourth-order valence-corrected chi connectivity index (χ4v) is 2.70. The molecular formula is C14H28N2OSi. The maximum atomic E-state index is 6.17. The minimum atomic E-state index is -1.62. The van der Waals surface area contributed by atoms with E-state index in [9.17, 15) is 0 Å². The van der Waals surface area contributed by atoms with Crippen LogP contribution >= 0.6 is 0 Å². The average molecular weight is 268 g/mol. The molecule has 3 nitrogen and oxygen atoms in total. The quantitative estimate of drug-likeness (QED) is 0.760. The second kappa shape index (κ2) is 5.57. The SMILES string of the molecule is CCc1cnn(CCO[Si](C)(C)C(C)(C)C)c1C. The van der Waals surface area contributed by atoms with Gasteiger partial charge in [-0.05, 0) is 37.0 Å². The molecule has 0 aliphatic carbocycles. The lowest BCUT2D eigenvalue weighted by Gasteiger charge is -2.36. The van der Waals surface area contributed by atoms with Gasteiger partial charge in [-0.15, -0.1) is 0 Å². The number of aryl methyl sites for hydroxylation is 1. The van der Waals surface area contributed by atoms with Gasteiger partial charge in [0.25, 0.3) is 0 Å². The zero-order valence-electron chi connectivity index (χ0n) is 13.0. The van der Waals surface area contributed by atoms with Gasteiger partial charge in [0.1, 0.15) is 0 Å². The van der Waals surface area contributed by atoms with Crippen molar-refractivity contribution in [1.29, 1.82) is 0 Å². The van der Waals surface area contributed by atoms with E-state index in [1.807, 2.05) is 6.20 Å². The molecule has 0 unspecified atom stereocenters. The number of hydrogen-bond acceptors (Lipinski definition) is 2. The predicted molar refractivity (Wildman–Crippen MR) is 79.5 cm³/mol. The van der Waals surface area contributed by atoms with E-state index in [2.05, 4.69) is 57.5 Å². The average Bonchev–Trinajstić information content (AvgIpc) is 2.58. The highest BCUT2D eigenvalue weighted by atomic mass is 28.4. The number of nitrogens with zero attached hydrogens (tertiary/aromatic N) is 2. The van der Waals surface area contributed by atoms with E-state index in [1.165, 1.54) is 11.3 Å². The molecule has 4 heteroatoms. The molecular weight excluding hydrogens is 240 g/mol. The summed E-state index contributed by atoms with van der Waals surface area (Å²) in [6.07, 6.45) is 3.02. The number of rotatable bonds is 5. The summed E-state index contributed by atoms with van der Waals surface area (Å²) >= 11 is 0. The van der Waals surface area contributed by atoms with Crippen molar-refractivity contribution < 1.29 is 4.43 Å². The predicted octanol–water partition coefficient (Wildman–Crippen LogP) is 3.78. The molecule has 0 aliphatic rings. The van der Waals surface area contributed by atoms with Crippen molar-refractivity contribution in [2.75, 3.05) is 6.61 Å². The monoisotopic (exact) mass is 268 g/mol. The van der Waals surface area contributed by atoms with E-state index in [1.54, 1.807) is 0 Å². The summed E-state index contributed by atoms with van der Waals surface area (Å²) in [5, 5.41) is 4.70. The second-order valence-electron chi connectivity index (χ2n) is 6.44. The first-order valence-electron chi connectivity index (χ1n) is 6.84. The van der Waals surface area contributed by atoms with Crippen molar-refractivity contribution in [2.24, 2.45) is 0 Å². The van der Waals surface area contributed by atoms with Crippen LogP contribution in [0, 0.1) is 6.92 Å². The standard InChI is InChI=1S/C14H28N2OSi/c1-8-13-11-15-16(12(13)2)9-10-17-18(6,7)14(3,4)5/h11H,8-10H2,1-7H3. The minimum Gasteiger partial charge on any atom is -0.415 e. The van der Waals surface area contributed by atoms with Gasteiger partial charge in [0.15, 0.2) is 8.32 Å². The van der Waals surface area contributed by atoms with Gasteiger partial charge in [-0.3, -0.25) is 4.68 Å². The lowest BCUT2D eigenvalue weighted by molar-refractivity contribution is 0.264. The summed E-state index contributed by atoms with van der Waals surface area (Å²) in [4.78, 5) is 0. The zero-order valence-corrected chi connectivity index (χ0v) is 14.0. The summed E-state index contributed by atoms with van der Waals surface area (Å²) in [5.41, 5.74) is 2.61. The minimum absolute atomic E-state index is 0.279. The van der Waals surface area contributed by atoms with Crippen LogP contribution in [0.2, 0.25) is 18.1 Å². The first-order valence-corrected chi connectivity index (χ1v) is 9.75. The second-order valence-corrected chi connectivity index (χ2v) is 11.2. The Labute approximate surface area is 113 Å². The van der Waals surface area contributed by atoms with Crippen molar-refractivity contribution in [1.82, 2.24) is 9.78 Å². The van der Waals surface area contributed by atoms with Gasteiger partial charge >= 0.3 is 0 Å². The Morgan fingerprint density at radius 2 is 1.94 bits per heavy atom. The lowest BCUT2D eigenvalue weighted by atomic mass is 10.2. The van der Waals surface area contributed by atoms with E-state index >= 15 is 0 Å². The van der Waals surface area contributed by atoms with Crippen molar-refractivity contribution in [3.63, 3.8) is 0 Å². The Bertz CT molecular complexity index is 391. The van der Waals surface area contributed by atoms with Crippen LogP contribution in [-0.4, -0.2) is 24.7 Å². The summed E-state index contributed by atoms with van der Waals surface area (Å²) in [6.45, 7) is 17.3. The van der Waals surface area contributed by atoms with Gasteiger partial charge in [-0.2, -0.15) is 5.10 Å². The topological polar surface area (TPSA) is 27.1 Å². The first kappa shape index (κ1) is 15.4. The van der Waals surface area contributed by atoms with Crippen LogP contribution in [0.15, 0.2) is 6.20 Å². The maximum absolute atomic E-state index is 6.17. The summed E-state index contributed by atoms with van der Waals surface area (Å²) in [5.74, 6) is 0. The lowest BCUT2D eigenvalue weighted by Crippen LogP contribution is -2.41. The molecule has 1 aromatic heterocycles. The Morgan fingerprint density at radius 3 is 2.39 bits per heavy atom. The van der Waals surface area contributed by atoms with Crippen molar-refractivity contribution in [3.05, 3.63) is 17.5 Å². The molecule has 1 rings (SSSR count). The summed E-state index contributed by atoms with van der Waals surface area (Å²) < 4.78 is 8.24. The molecule has 0 saturated heterocycles. The fourth-order valence-electron chi connectivity index (χ4n) is 1.66. The third-order valence-electron chi connectivity index (χ3n) is 4.16. The Balaban J connectivity index is 2.54. The smallest absolute Gasteiger partial charge is 0.192 e. The molecule has 104 valence electrons. The molecule has 0 amide bonds. The van der Waals surface area contributed by atoms with Gasteiger partial charge < -0.3 is 4.43 Å². The van der Waals surface area contributed by atoms with Crippen molar-refractivity contribution in [3.8, 4) is 0 Å². The molecule has 0 bridgehead atoms. The molecule has 1 aromatic rings. The van der Waals surface area contributed by atoms with Crippen molar-refractivity contribution >= 4 is 8.32 Å². The fraction of sp³-hybridized carbons (Fsp3) is 0.786. The van der Waals surface area contributed by atoms with E-state index in [4.69, 9.17) is 4.43 Å². The Kier molecular flexibility index (Phi) is 4.78. The van der Waals surface area contributed by atoms with Crippen LogP contribution in [-0.2, 0) is 17.4 Å². The van der Waals surface area contributed by atoms with Crippen LogP contribution < -0.4 is 0 Å². The molecule has 0 fully saturated rings. The summed E-state index contributed by atoms with van der Waals surface area (Å²) in [7, 11) is -1.62. The molecule has 0 N–H and O–H groups in total. The van der Waals surface area contributed by atoms with Crippen molar-refractivity contribution in [2.45, 2.75) is 65.7 Å². The van der Waals surface area contributed by atoms with Gasteiger partial charge in [-0.25, -0.2) is 0 Å². The molecule has 0 saturated carbocycles. The van der Waals surface area contributed by atoms with Crippen LogP contribution in [0.4, 0.5) is 0 Å². The highest BCUT2D eigenvalue weighted by Crippen LogP contribution is 2.36. The van der Waals surface area contributed by atoms with Gasteiger partial charge in [0.05, 0.1) is 19.3 Å². The van der Waals surface area contributed by atoms with Gasteiger partial charge in [0.2, 0.25) is 0 Å². The largest absolute Gasteiger partial charge is 0.415 e. The summed E-state index contributed by atoms with van der Waals surface area (Å²) in [6, 6.07) is 0. The molecule has 0 aromatic carbocycles. The third-order valence-corrected chi connectivity index (χ3v) is 8.70. The molecule has 0 atom stereocenters. The van der Waals surface area contributed by atoms with Gasteiger partial charge in [0, 0.05) is 5.69 Å². The highest BCUT2D eigenvalue weighted by molar-refractivity contribution is 6.74. The van der Waals surface area contributed by atoms with Crippen LogP contribution in [0.25, 0.3) is 0 Å². The number of aromatic nitrogens is 2. The molecule has 0 radical (unpaired) electrons. The highest BCUT2D eigenvalue weighted by Gasteiger charge is 2.36. The van der Waals surface area contributed by atoms with Crippen LogP contribution in [0.3, 0.4) is 0 Å².